The highest BCUT2D eigenvalue weighted by atomic mass is 15.2. The van der Waals surface area contributed by atoms with Gasteiger partial charge in [0.15, 0.2) is 0 Å². The summed E-state index contributed by atoms with van der Waals surface area (Å²) in [6.45, 7) is 15.6. The maximum absolute atomic E-state index is 3.63. The lowest BCUT2D eigenvalue weighted by Crippen LogP contribution is -2.45. The van der Waals surface area contributed by atoms with Crippen LogP contribution in [0.15, 0.2) is 24.3 Å². The Kier molecular flexibility index (Phi) is 6.89. The number of nitrogens with zero attached hydrogens (tertiary/aromatic N) is 1. The van der Waals surface area contributed by atoms with Gasteiger partial charge in [0.1, 0.15) is 0 Å². The largest absolute Gasteiger partial charge is 0.309 e. The molecule has 1 N–H and O–H groups in total. The highest BCUT2D eigenvalue weighted by molar-refractivity contribution is 5.27. The molecule has 0 saturated heterocycles. The molecule has 0 radical (unpaired) electrons. The molecule has 2 heteroatoms. The van der Waals surface area contributed by atoms with Gasteiger partial charge in [-0.25, -0.2) is 0 Å². The molecule has 0 spiro atoms. The molecule has 0 bridgehead atoms. The minimum atomic E-state index is 0.242. The summed E-state index contributed by atoms with van der Waals surface area (Å²) in [5.41, 5.74) is 3.04. The number of benzene rings is 1. The second kappa shape index (κ2) is 7.95. The second-order valence-corrected chi connectivity index (χ2v) is 6.98. The minimum absolute atomic E-state index is 0.242. The Hall–Kier alpha value is -0.860. The van der Waals surface area contributed by atoms with E-state index < -0.39 is 0 Å². The number of likely N-dealkylation sites (N-methyl/N-ethyl adjacent to an activating group) is 2. The van der Waals surface area contributed by atoms with Crippen LogP contribution in [0, 0.1) is 0 Å². The maximum atomic E-state index is 3.63. The molecule has 1 atom stereocenters. The normalized spacial score (nSPS) is 14.0. The van der Waals surface area contributed by atoms with Crippen molar-refractivity contribution in [2.45, 2.75) is 65.5 Å². The van der Waals surface area contributed by atoms with Crippen LogP contribution in [0.4, 0.5) is 0 Å². The summed E-state index contributed by atoms with van der Waals surface area (Å²) < 4.78 is 0. The maximum Gasteiger partial charge on any atom is 0.0449 e. The van der Waals surface area contributed by atoms with E-state index in [1.165, 1.54) is 11.1 Å². The average Bonchev–Trinajstić information content (AvgIpc) is 2.46. The number of rotatable bonds is 8. The standard InChI is InChI=1S/C19H34N2/c1-8-19(5,6)21(7)14-18(20-9-2)17-12-10-16(11-13-17)15(3)4/h10-13,15,18,20H,8-9,14H2,1-7H3. The summed E-state index contributed by atoms with van der Waals surface area (Å²) in [6, 6.07) is 9.52. The van der Waals surface area contributed by atoms with E-state index >= 15 is 0 Å². The molecule has 0 aliphatic heterocycles. The van der Waals surface area contributed by atoms with Gasteiger partial charge >= 0.3 is 0 Å². The van der Waals surface area contributed by atoms with Gasteiger partial charge in [0, 0.05) is 18.1 Å². The zero-order valence-electron chi connectivity index (χ0n) is 15.0. The monoisotopic (exact) mass is 290 g/mol. The van der Waals surface area contributed by atoms with Gasteiger partial charge in [-0.05, 0) is 50.9 Å². The van der Waals surface area contributed by atoms with Gasteiger partial charge in [-0.2, -0.15) is 0 Å². The highest BCUT2D eigenvalue weighted by Crippen LogP contribution is 2.23. The molecule has 2 nitrogen and oxygen atoms in total. The fourth-order valence-corrected chi connectivity index (χ4v) is 2.44. The number of nitrogens with one attached hydrogen (secondary N) is 1. The van der Waals surface area contributed by atoms with E-state index in [1.807, 2.05) is 0 Å². The molecule has 0 heterocycles. The van der Waals surface area contributed by atoms with Crippen LogP contribution in [0.1, 0.15) is 71.0 Å². The number of hydrogen-bond acceptors (Lipinski definition) is 2. The van der Waals surface area contributed by atoms with E-state index in [0.717, 1.165) is 19.5 Å². The quantitative estimate of drug-likeness (QED) is 0.754. The van der Waals surface area contributed by atoms with Crippen LogP contribution in [0.5, 0.6) is 0 Å². The third-order valence-corrected chi connectivity index (χ3v) is 4.81. The van der Waals surface area contributed by atoms with E-state index in [9.17, 15) is 0 Å². The molecule has 0 aliphatic carbocycles. The van der Waals surface area contributed by atoms with Crippen molar-refractivity contribution in [1.29, 1.82) is 0 Å². The molecule has 1 unspecified atom stereocenters. The summed E-state index contributed by atoms with van der Waals surface area (Å²) in [6.07, 6.45) is 1.16. The third-order valence-electron chi connectivity index (χ3n) is 4.81. The molecular weight excluding hydrogens is 256 g/mol. The van der Waals surface area contributed by atoms with E-state index in [-0.39, 0.29) is 5.54 Å². The Morgan fingerprint density at radius 1 is 1.05 bits per heavy atom. The van der Waals surface area contributed by atoms with E-state index in [4.69, 9.17) is 0 Å². The Balaban J connectivity index is 2.86. The van der Waals surface area contributed by atoms with Crippen LogP contribution in [-0.4, -0.2) is 30.6 Å². The van der Waals surface area contributed by atoms with Crippen molar-refractivity contribution < 1.29 is 0 Å². The zero-order chi connectivity index (χ0) is 16.0. The zero-order valence-corrected chi connectivity index (χ0v) is 15.0. The first-order valence-corrected chi connectivity index (χ1v) is 8.36. The summed E-state index contributed by atoms with van der Waals surface area (Å²) in [4.78, 5) is 2.47. The van der Waals surface area contributed by atoms with E-state index in [1.54, 1.807) is 0 Å². The first-order chi connectivity index (χ1) is 9.81. The van der Waals surface area contributed by atoms with Crippen molar-refractivity contribution in [3.05, 3.63) is 35.4 Å². The molecule has 21 heavy (non-hydrogen) atoms. The topological polar surface area (TPSA) is 15.3 Å². The summed E-state index contributed by atoms with van der Waals surface area (Å²) in [7, 11) is 2.23. The molecule has 0 aliphatic rings. The van der Waals surface area contributed by atoms with Crippen LogP contribution < -0.4 is 5.32 Å². The Bertz CT molecular complexity index is 406. The Morgan fingerprint density at radius 2 is 1.57 bits per heavy atom. The minimum Gasteiger partial charge on any atom is -0.309 e. The highest BCUT2D eigenvalue weighted by Gasteiger charge is 2.24. The van der Waals surface area contributed by atoms with Gasteiger partial charge in [-0.1, -0.05) is 52.0 Å². The van der Waals surface area contributed by atoms with Crippen LogP contribution in [0.2, 0.25) is 0 Å². The molecule has 0 aromatic heterocycles. The molecule has 0 amide bonds. The van der Waals surface area contributed by atoms with Gasteiger partial charge in [-0.15, -0.1) is 0 Å². The molecule has 1 aromatic rings. The smallest absolute Gasteiger partial charge is 0.0449 e. The lowest BCUT2D eigenvalue weighted by molar-refractivity contribution is 0.136. The Labute approximate surface area is 131 Å². The molecule has 0 saturated carbocycles. The summed E-state index contributed by atoms with van der Waals surface area (Å²) in [5.74, 6) is 0.596. The molecule has 120 valence electrons. The lowest BCUT2D eigenvalue weighted by Gasteiger charge is -2.37. The second-order valence-electron chi connectivity index (χ2n) is 6.98. The fraction of sp³-hybridized carbons (Fsp3) is 0.684. The van der Waals surface area contributed by atoms with Crippen molar-refractivity contribution in [1.82, 2.24) is 10.2 Å². The van der Waals surface area contributed by atoms with Gasteiger partial charge in [-0.3, -0.25) is 4.90 Å². The van der Waals surface area contributed by atoms with Crippen molar-refractivity contribution in [2.24, 2.45) is 0 Å². The van der Waals surface area contributed by atoms with Gasteiger partial charge in [0.05, 0.1) is 0 Å². The predicted octanol–water partition coefficient (Wildman–Crippen LogP) is 4.58. The van der Waals surface area contributed by atoms with Gasteiger partial charge < -0.3 is 5.32 Å². The van der Waals surface area contributed by atoms with Crippen molar-refractivity contribution in [2.75, 3.05) is 20.1 Å². The summed E-state index contributed by atoms with van der Waals surface area (Å²) in [5, 5.41) is 3.63. The first-order valence-electron chi connectivity index (χ1n) is 8.36. The predicted molar refractivity (Wildman–Crippen MR) is 93.9 cm³/mol. The van der Waals surface area contributed by atoms with Crippen LogP contribution in [0.25, 0.3) is 0 Å². The van der Waals surface area contributed by atoms with Crippen LogP contribution in [-0.2, 0) is 0 Å². The van der Waals surface area contributed by atoms with E-state index in [2.05, 4.69) is 83.1 Å². The Morgan fingerprint density at radius 3 is 2.00 bits per heavy atom. The number of hydrogen-bond donors (Lipinski definition) is 1. The van der Waals surface area contributed by atoms with Crippen molar-refractivity contribution in [3.63, 3.8) is 0 Å². The van der Waals surface area contributed by atoms with Crippen LogP contribution >= 0.6 is 0 Å². The van der Waals surface area contributed by atoms with Crippen LogP contribution in [0.3, 0.4) is 0 Å². The SMILES string of the molecule is CCNC(CN(C)C(C)(C)CC)c1ccc(C(C)C)cc1. The summed E-state index contributed by atoms with van der Waals surface area (Å²) >= 11 is 0. The molecular formula is C19H34N2. The van der Waals surface area contributed by atoms with Crippen molar-refractivity contribution >= 4 is 0 Å². The van der Waals surface area contributed by atoms with Crippen molar-refractivity contribution in [3.8, 4) is 0 Å². The van der Waals surface area contributed by atoms with Gasteiger partial charge in [0.2, 0.25) is 0 Å². The third kappa shape index (κ3) is 5.12. The fourth-order valence-electron chi connectivity index (χ4n) is 2.44. The molecule has 1 rings (SSSR count). The average molecular weight is 290 g/mol. The molecule has 0 fully saturated rings. The van der Waals surface area contributed by atoms with E-state index in [0.29, 0.717) is 12.0 Å². The van der Waals surface area contributed by atoms with Gasteiger partial charge in [0.25, 0.3) is 0 Å². The molecule has 1 aromatic carbocycles. The lowest BCUT2D eigenvalue weighted by atomic mass is 9.96. The first kappa shape index (κ1) is 18.2.